The lowest BCUT2D eigenvalue weighted by Crippen LogP contribution is -2.39. The number of nitrogens with zero attached hydrogens (tertiary/aromatic N) is 1. The molecule has 5 heteroatoms. The second-order valence-electron chi connectivity index (χ2n) is 5.05. The predicted octanol–water partition coefficient (Wildman–Crippen LogP) is 0.650. The molecule has 0 radical (unpaired) electrons. The highest BCUT2D eigenvalue weighted by molar-refractivity contribution is 5.76. The molecule has 5 nitrogen and oxygen atoms in total. The van der Waals surface area contributed by atoms with E-state index in [0.717, 1.165) is 45.0 Å². The summed E-state index contributed by atoms with van der Waals surface area (Å²) in [5, 5.41) is 2.96. The van der Waals surface area contributed by atoms with E-state index >= 15 is 0 Å². The molecule has 0 bridgehead atoms. The van der Waals surface area contributed by atoms with Gasteiger partial charge in [-0.05, 0) is 24.1 Å². The lowest BCUT2D eigenvalue weighted by Gasteiger charge is -2.26. The quantitative estimate of drug-likeness (QED) is 0.749. The average molecular weight is 277 g/mol. The molecular formula is C15H23N3O2. The molecule has 0 unspecified atom stereocenters. The lowest BCUT2D eigenvalue weighted by molar-refractivity contribution is -0.121. The Morgan fingerprint density at radius 1 is 1.25 bits per heavy atom. The maximum atomic E-state index is 11.7. The summed E-state index contributed by atoms with van der Waals surface area (Å²) in [6.45, 7) is 4.90. The monoisotopic (exact) mass is 277 g/mol. The summed E-state index contributed by atoms with van der Waals surface area (Å²) in [5.74, 6) is 0.118. The number of rotatable bonds is 6. The van der Waals surface area contributed by atoms with Crippen molar-refractivity contribution >= 4 is 11.6 Å². The number of amides is 1. The number of anilines is 1. The Morgan fingerprint density at radius 3 is 2.65 bits per heavy atom. The molecular weight excluding hydrogens is 254 g/mol. The Kier molecular flexibility index (Phi) is 5.83. The van der Waals surface area contributed by atoms with Crippen LogP contribution < -0.4 is 11.1 Å². The zero-order valence-electron chi connectivity index (χ0n) is 11.8. The van der Waals surface area contributed by atoms with Crippen LogP contribution in [0.15, 0.2) is 24.3 Å². The fourth-order valence-corrected chi connectivity index (χ4v) is 2.20. The Labute approximate surface area is 120 Å². The van der Waals surface area contributed by atoms with Gasteiger partial charge in [0.05, 0.1) is 13.2 Å². The summed E-state index contributed by atoms with van der Waals surface area (Å²) in [4.78, 5) is 14.0. The minimum Gasteiger partial charge on any atom is -0.399 e. The normalized spacial score (nSPS) is 16.0. The Bertz CT molecular complexity index is 414. The first-order valence-electron chi connectivity index (χ1n) is 7.15. The van der Waals surface area contributed by atoms with E-state index in [1.807, 2.05) is 24.3 Å². The van der Waals surface area contributed by atoms with Gasteiger partial charge in [0.25, 0.3) is 0 Å². The van der Waals surface area contributed by atoms with E-state index in [-0.39, 0.29) is 5.91 Å². The molecule has 1 aliphatic heterocycles. The highest BCUT2D eigenvalue weighted by Gasteiger charge is 2.11. The van der Waals surface area contributed by atoms with Crippen LogP contribution in [0.2, 0.25) is 0 Å². The fraction of sp³-hybridized carbons (Fsp3) is 0.533. The third-order valence-electron chi connectivity index (χ3n) is 3.47. The van der Waals surface area contributed by atoms with Crippen molar-refractivity contribution in [1.29, 1.82) is 0 Å². The first-order valence-corrected chi connectivity index (χ1v) is 7.15. The molecule has 1 fully saturated rings. The molecule has 1 aromatic rings. The summed E-state index contributed by atoms with van der Waals surface area (Å²) >= 11 is 0. The van der Waals surface area contributed by atoms with E-state index in [1.165, 1.54) is 5.56 Å². The van der Waals surface area contributed by atoms with Crippen molar-refractivity contribution in [1.82, 2.24) is 10.2 Å². The summed E-state index contributed by atoms with van der Waals surface area (Å²) in [6, 6.07) is 7.76. The second-order valence-corrected chi connectivity index (χ2v) is 5.05. The van der Waals surface area contributed by atoms with Crippen molar-refractivity contribution in [3.63, 3.8) is 0 Å². The van der Waals surface area contributed by atoms with Gasteiger partial charge in [0.1, 0.15) is 0 Å². The molecule has 1 amide bonds. The number of hydrogen-bond donors (Lipinski definition) is 2. The standard InChI is InChI=1S/C15H23N3O2/c16-14-3-1-13(2-4-14)5-7-17-15(19)6-8-18-9-11-20-12-10-18/h1-4H,5-12,16H2,(H,17,19). The highest BCUT2D eigenvalue weighted by atomic mass is 16.5. The number of hydrogen-bond acceptors (Lipinski definition) is 4. The van der Waals surface area contributed by atoms with Crippen molar-refractivity contribution in [2.24, 2.45) is 0 Å². The number of morpholine rings is 1. The third-order valence-corrected chi connectivity index (χ3v) is 3.47. The molecule has 0 aromatic heterocycles. The smallest absolute Gasteiger partial charge is 0.221 e. The average Bonchev–Trinajstić information content (AvgIpc) is 2.48. The van der Waals surface area contributed by atoms with Crippen LogP contribution in [-0.2, 0) is 16.0 Å². The first kappa shape index (κ1) is 14.8. The molecule has 1 saturated heterocycles. The van der Waals surface area contributed by atoms with Gasteiger partial charge in [-0.15, -0.1) is 0 Å². The van der Waals surface area contributed by atoms with Gasteiger partial charge in [-0.3, -0.25) is 9.69 Å². The number of benzene rings is 1. The van der Waals surface area contributed by atoms with Crippen LogP contribution in [0.1, 0.15) is 12.0 Å². The van der Waals surface area contributed by atoms with Crippen LogP contribution >= 0.6 is 0 Å². The fourth-order valence-electron chi connectivity index (χ4n) is 2.20. The highest BCUT2D eigenvalue weighted by Crippen LogP contribution is 2.05. The molecule has 0 spiro atoms. The minimum absolute atomic E-state index is 0.118. The van der Waals surface area contributed by atoms with Gasteiger partial charge in [0.15, 0.2) is 0 Å². The van der Waals surface area contributed by atoms with Gasteiger partial charge < -0.3 is 15.8 Å². The van der Waals surface area contributed by atoms with Crippen molar-refractivity contribution in [3.8, 4) is 0 Å². The van der Waals surface area contributed by atoms with Crippen LogP contribution in [0.5, 0.6) is 0 Å². The van der Waals surface area contributed by atoms with Crippen molar-refractivity contribution in [3.05, 3.63) is 29.8 Å². The molecule has 0 saturated carbocycles. The maximum absolute atomic E-state index is 11.7. The zero-order chi connectivity index (χ0) is 14.2. The second kappa shape index (κ2) is 7.87. The molecule has 110 valence electrons. The molecule has 1 aromatic carbocycles. The van der Waals surface area contributed by atoms with Gasteiger partial charge in [-0.25, -0.2) is 0 Å². The number of carbonyl (C=O) groups excluding carboxylic acids is 1. The van der Waals surface area contributed by atoms with Crippen LogP contribution in [0.4, 0.5) is 5.69 Å². The van der Waals surface area contributed by atoms with E-state index < -0.39 is 0 Å². The number of nitrogens with two attached hydrogens (primary N) is 1. The molecule has 1 aliphatic rings. The van der Waals surface area contributed by atoms with E-state index in [9.17, 15) is 4.79 Å². The van der Waals surface area contributed by atoms with Gasteiger partial charge >= 0.3 is 0 Å². The Morgan fingerprint density at radius 2 is 1.95 bits per heavy atom. The van der Waals surface area contributed by atoms with Gasteiger partial charge in [-0.2, -0.15) is 0 Å². The molecule has 0 atom stereocenters. The molecule has 3 N–H and O–H groups in total. The van der Waals surface area contributed by atoms with Gasteiger partial charge in [-0.1, -0.05) is 12.1 Å². The summed E-state index contributed by atoms with van der Waals surface area (Å²) in [7, 11) is 0. The number of carbonyl (C=O) groups is 1. The van der Waals surface area contributed by atoms with Gasteiger partial charge in [0, 0.05) is 38.3 Å². The van der Waals surface area contributed by atoms with Crippen molar-refractivity contribution < 1.29 is 9.53 Å². The van der Waals surface area contributed by atoms with Gasteiger partial charge in [0.2, 0.25) is 5.91 Å². The Hall–Kier alpha value is -1.59. The number of nitrogen functional groups attached to an aromatic ring is 1. The van der Waals surface area contributed by atoms with Crippen LogP contribution in [-0.4, -0.2) is 50.2 Å². The summed E-state index contributed by atoms with van der Waals surface area (Å²) in [6.07, 6.45) is 1.39. The topological polar surface area (TPSA) is 67.6 Å². The van der Waals surface area contributed by atoms with E-state index in [2.05, 4.69) is 10.2 Å². The third kappa shape index (κ3) is 5.19. The van der Waals surface area contributed by atoms with Crippen LogP contribution in [0, 0.1) is 0 Å². The minimum atomic E-state index is 0.118. The van der Waals surface area contributed by atoms with Crippen LogP contribution in [0.25, 0.3) is 0 Å². The number of nitrogens with one attached hydrogen (secondary N) is 1. The molecule has 1 heterocycles. The van der Waals surface area contributed by atoms with Crippen molar-refractivity contribution in [2.45, 2.75) is 12.8 Å². The Balaban J connectivity index is 1.58. The van der Waals surface area contributed by atoms with Crippen molar-refractivity contribution in [2.75, 3.05) is 45.1 Å². The molecule has 0 aliphatic carbocycles. The van der Waals surface area contributed by atoms with Crippen LogP contribution in [0.3, 0.4) is 0 Å². The SMILES string of the molecule is Nc1ccc(CCNC(=O)CCN2CCOCC2)cc1. The predicted molar refractivity (Wildman–Crippen MR) is 79.4 cm³/mol. The van der Waals surface area contributed by atoms with E-state index in [0.29, 0.717) is 13.0 Å². The lowest BCUT2D eigenvalue weighted by atomic mass is 10.1. The van der Waals surface area contributed by atoms with E-state index in [4.69, 9.17) is 10.5 Å². The largest absolute Gasteiger partial charge is 0.399 e. The zero-order valence-corrected chi connectivity index (χ0v) is 11.8. The first-order chi connectivity index (χ1) is 9.74. The molecule has 20 heavy (non-hydrogen) atoms. The van der Waals surface area contributed by atoms with E-state index in [1.54, 1.807) is 0 Å². The molecule has 2 rings (SSSR count). The maximum Gasteiger partial charge on any atom is 0.221 e. The summed E-state index contributed by atoms with van der Waals surface area (Å²) in [5.41, 5.74) is 7.59. The number of ether oxygens (including phenoxy) is 1. The summed E-state index contributed by atoms with van der Waals surface area (Å²) < 4.78 is 5.28.